The Labute approximate surface area is 105 Å². The Balaban J connectivity index is 2.97. The van der Waals surface area contributed by atoms with Crippen LogP contribution in [0.25, 0.3) is 0 Å². The molecule has 1 amide bonds. The van der Waals surface area contributed by atoms with E-state index in [0.29, 0.717) is 0 Å². The fourth-order valence-corrected chi connectivity index (χ4v) is 1.36. The van der Waals surface area contributed by atoms with Crippen LogP contribution in [0.3, 0.4) is 0 Å². The van der Waals surface area contributed by atoms with Crippen molar-refractivity contribution < 1.29 is 14.3 Å². The van der Waals surface area contributed by atoms with Crippen LogP contribution in [-0.2, 0) is 9.53 Å². The normalized spacial score (nSPS) is 11.5. The van der Waals surface area contributed by atoms with E-state index in [1.54, 1.807) is 6.92 Å². The predicted molar refractivity (Wildman–Crippen MR) is 67.1 cm³/mol. The summed E-state index contributed by atoms with van der Waals surface area (Å²) in [5.74, 6) is -0.487. The van der Waals surface area contributed by atoms with Crippen LogP contribution in [0.5, 0.6) is 0 Å². The summed E-state index contributed by atoms with van der Waals surface area (Å²) in [5, 5.41) is 5.32. The number of anilines is 2. The molecule has 0 saturated heterocycles. The number of carbonyl (C=O) groups is 2. The van der Waals surface area contributed by atoms with E-state index in [1.165, 1.54) is 26.4 Å². The Kier molecular flexibility index (Phi) is 4.47. The van der Waals surface area contributed by atoms with Crippen molar-refractivity contribution in [3.8, 4) is 0 Å². The van der Waals surface area contributed by atoms with Crippen molar-refractivity contribution in [1.29, 1.82) is 0 Å². The third kappa shape index (κ3) is 2.88. The quantitative estimate of drug-likeness (QED) is 0.651. The highest BCUT2D eigenvalue weighted by atomic mass is 16.5. The van der Waals surface area contributed by atoms with Gasteiger partial charge in [0.1, 0.15) is 6.04 Å². The van der Waals surface area contributed by atoms with Crippen molar-refractivity contribution in [3.63, 3.8) is 0 Å². The molecule has 1 aromatic rings. The van der Waals surface area contributed by atoms with E-state index < -0.39 is 12.0 Å². The maximum absolute atomic E-state index is 11.4. The summed E-state index contributed by atoms with van der Waals surface area (Å²) in [4.78, 5) is 26.8. The molecule has 0 aliphatic rings. The minimum Gasteiger partial charge on any atom is -0.465 e. The molecule has 7 heteroatoms. The molecule has 4 N–H and O–H groups in total. The van der Waals surface area contributed by atoms with Crippen LogP contribution in [0.1, 0.15) is 17.3 Å². The molecule has 98 valence electrons. The molecular weight excluding hydrogens is 236 g/mol. The molecule has 1 aromatic heterocycles. The zero-order valence-corrected chi connectivity index (χ0v) is 10.5. The van der Waals surface area contributed by atoms with E-state index in [9.17, 15) is 9.59 Å². The highest BCUT2D eigenvalue weighted by molar-refractivity contribution is 5.98. The fourth-order valence-electron chi connectivity index (χ4n) is 1.36. The van der Waals surface area contributed by atoms with Gasteiger partial charge in [-0.3, -0.25) is 4.79 Å². The molecule has 0 spiro atoms. The molecule has 1 rings (SSSR count). The second-order valence-corrected chi connectivity index (χ2v) is 3.59. The fraction of sp³-hybridized carbons (Fsp3) is 0.364. The molecular formula is C11H16N4O3. The molecule has 1 unspecified atom stereocenters. The maximum atomic E-state index is 11.4. The minimum atomic E-state index is -0.550. The summed E-state index contributed by atoms with van der Waals surface area (Å²) < 4.78 is 4.59. The second kappa shape index (κ2) is 5.85. The number of nitrogens with zero attached hydrogens (tertiary/aromatic N) is 1. The van der Waals surface area contributed by atoms with E-state index in [-0.39, 0.29) is 23.0 Å². The van der Waals surface area contributed by atoms with Gasteiger partial charge in [-0.1, -0.05) is 0 Å². The smallest absolute Gasteiger partial charge is 0.340 e. The standard InChI is InChI=1S/C11H16N4O3/c1-6(10(16)13-2)15-9-8(12)7(4-5-14-9)11(17)18-3/h4-6H,12H2,1-3H3,(H,13,16)(H,14,15). The first-order valence-electron chi connectivity index (χ1n) is 5.32. The molecule has 1 heterocycles. The van der Waals surface area contributed by atoms with Crippen molar-refractivity contribution >= 4 is 23.4 Å². The summed E-state index contributed by atoms with van der Waals surface area (Å²) in [7, 11) is 2.80. The van der Waals surface area contributed by atoms with Crippen molar-refractivity contribution in [1.82, 2.24) is 10.3 Å². The number of esters is 1. The Morgan fingerprint density at radius 2 is 2.17 bits per heavy atom. The number of hydrogen-bond donors (Lipinski definition) is 3. The first-order valence-corrected chi connectivity index (χ1v) is 5.32. The average Bonchev–Trinajstić information content (AvgIpc) is 2.39. The molecule has 0 aromatic carbocycles. The summed E-state index contributed by atoms with van der Waals surface area (Å²) in [6, 6.07) is 0.939. The van der Waals surface area contributed by atoms with Gasteiger partial charge in [-0.25, -0.2) is 9.78 Å². The number of amides is 1. The molecule has 18 heavy (non-hydrogen) atoms. The maximum Gasteiger partial charge on any atom is 0.340 e. The largest absolute Gasteiger partial charge is 0.465 e. The lowest BCUT2D eigenvalue weighted by Crippen LogP contribution is -2.35. The second-order valence-electron chi connectivity index (χ2n) is 3.59. The Hall–Kier alpha value is -2.31. The summed E-state index contributed by atoms with van der Waals surface area (Å²) in [5.41, 5.74) is 6.15. The van der Waals surface area contributed by atoms with Crippen LogP contribution >= 0.6 is 0 Å². The third-order valence-corrected chi connectivity index (χ3v) is 2.39. The number of pyridine rings is 1. The van der Waals surface area contributed by atoms with E-state index >= 15 is 0 Å². The monoisotopic (exact) mass is 252 g/mol. The van der Waals surface area contributed by atoms with E-state index in [1.807, 2.05) is 0 Å². The van der Waals surface area contributed by atoms with E-state index in [0.717, 1.165) is 0 Å². The van der Waals surface area contributed by atoms with Crippen molar-refractivity contribution in [2.75, 3.05) is 25.2 Å². The lowest BCUT2D eigenvalue weighted by atomic mass is 10.2. The van der Waals surface area contributed by atoms with Gasteiger partial charge in [0.05, 0.1) is 18.4 Å². The van der Waals surface area contributed by atoms with Crippen molar-refractivity contribution in [3.05, 3.63) is 17.8 Å². The number of rotatable bonds is 4. The molecule has 1 atom stereocenters. The molecule has 0 saturated carbocycles. The van der Waals surface area contributed by atoms with Gasteiger partial charge in [-0.05, 0) is 13.0 Å². The van der Waals surface area contributed by atoms with Gasteiger partial charge in [0.2, 0.25) is 5.91 Å². The zero-order chi connectivity index (χ0) is 13.7. The van der Waals surface area contributed by atoms with Crippen molar-refractivity contribution in [2.24, 2.45) is 0 Å². The van der Waals surface area contributed by atoms with E-state index in [4.69, 9.17) is 5.73 Å². The van der Waals surface area contributed by atoms with Crippen LogP contribution in [0, 0.1) is 0 Å². The van der Waals surface area contributed by atoms with Crippen LogP contribution in [-0.4, -0.2) is 37.1 Å². The SMILES string of the molecule is CNC(=O)C(C)Nc1nccc(C(=O)OC)c1N. The van der Waals surface area contributed by atoms with Gasteiger partial charge in [0.25, 0.3) is 0 Å². The van der Waals surface area contributed by atoms with Crippen LogP contribution in [0.4, 0.5) is 11.5 Å². The van der Waals surface area contributed by atoms with Crippen LogP contribution < -0.4 is 16.4 Å². The Bertz CT molecular complexity index is 462. The topological polar surface area (TPSA) is 106 Å². The zero-order valence-electron chi connectivity index (χ0n) is 10.5. The Morgan fingerprint density at radius 3 is 2.72 bits per heavy atom. The number of nitrogen functional groups attached to an aromatic ring is 1. The lowest BCUT2D eigenvalue weighted by molar-refractivity contribution is -0.121. The molecule has 0 aliphatic carbocycles. The van der Waals surface area contributed by atoms with Gasteiger partial charge in [0.15, 0.2) is 5.82 Å². The molecule has 7 nitrogen and oxygen atoms in total. The van der Waals surface area contributed by atoms with Gasteiger partial charge in [-0.2, -0.15) is 0 Å². The van der Waals surface area contributed by atoms with Crippen LogP contribution in [0.2, 0.25) is 0 Å². The highest BCUT2D eigenvalue weighted by Gasteiger charge is 2.17. The summed E-state index contributed by atoms with van der Waals surface area (Å²) >= 11 is 0. The minimum absolute atomic E-state index is 0.153. The van der Waals surface area contributed by atoms with Crippen molar-refractivity contribution in [2.45, 2.75) is 13.0 Å². The predicted octanol–water partition coefficient (Wildman–Crippen LogP) is -0.00320. The molecule has 0 fully saturated rings. The number of nitrogens with one attached hydrogen (secondary N) is 2. The average molecular weight is 252 g/mol. The van der Waals surface area contributed by atoms with Crippen LogP contribution in [0.15, 0.2) is 12.3 Å². The molecule has 0 bridgehead atoms. The highest BCUT2D eigenvalue weighted by Crippen LogP contribution is 2.21. The third-order valence-electron chi connectivity index (χ3n) is 2.39. The van der Waals surface area contributed by atoms with Gasteiger partial charge >= 0.3 is 5.97 Å². The lowest BCUT2D eigenvalue weighted by Gasteiger charge is -2.15. The first kappa shape index (κ1) is 13.8. The number of likely N-dealkylation sites (N-methyl/N-ethyl adjacent to an activating group) is 1. The first-order chi connectivity index (χ1) is 8.51. The molecule has 0 aliphatic heterocycles. The van der Waals surface area contributed by atoms with Gasteiger partial charge in [-0.15, -0.1) is 0 Å². The number of nitrogens with two attached hydrogens (primary N) is 1. The summed E-state index contributed by atoms with van der Waals surface area (Å²) in [6.45, 7) is 1.66. The number of aromatic nitrogens is 1. The van der Waals surface area contributed by atoms with Gasteiger partial charge < -0.3 is 21.1 Å². The number of hydrogen-bond acceptors (Lipinski definition) is 6. The summed E-state index contributed by atoms with van der Waals surface area (Å²) in [6.07, 6.45) is 1.42. The van der Waals surface area contributed by atoms with Gasteiger partial charge in [0, 0.05) is 13.2 Å². The number of methoxy groups -OCH3 is 1. The Morgan fingerprint density at radius 1 is 1.50 bits per heavy atom. The van der Waals surface area contributed by atoms with E-state index in [2.05, 4.69) is 20.4 Å². The molecule has 0 radical (unpaired) electrons. The number of carbonyl (C=O) groups excluding carboxylic acids is 2. The number of ether oxygens (including phenoxy) is 1.